The zero-order valence-corrected chi connectivity index (χ0v) is 12.6. The van der Waals surface area contributed by atoms with E-state index in [4.69, 9.17) is 0 Å². The summed E-state index contributed by atoms with van der Waals surface area (Å²) in [5, 5.41) is 14.4. The van der Waals surface area contributed by atoms with Gasteiger partial charge in [-0.25, -0.2) is 0 Å². The number of nitro groups is 1. The number of amidine groups is 1. The van der Waals surface area contributed by atoms with Crippen LogP contribution in [0.2, 0.25) is 0 Å². The number of thioether (sulfide) groups is 1. The molecule has 0 aromatic heterocycles. The highest BCUT2D eigenvalue weighted by molar-refractivity contribution is 8.18. The highest BCUT2D eigenvalue weighted by atomic mass is 32.2. The third kappa shape index (κ3) is 3.19. The van der Waals surface area contributed by atoms with Crippen LogP contribution in [0.4, 0.5) is 5.69 Å². The molecule has 22 heavy (non-hydrogen) atoms. The first kappa shape index (κ1) is 14.8. The fraction of sp³-hybridized carbons (Fsp3) is 0.333. The van der Waals surface area contributed by atoms with E-state index < -0.39 is 4.92 Å². The molecule has 0 unspecified atom stereocenters. The summed E-state index contributed by atoms with van der Waals surface area (Å²) in [6.45, 7) is 0. The normalized spacial score (nSPS) is 22.5. The molecule has 7 heteroatoms. The number of amides is 1. The zero-order chi connectivity index (χ0) is 15.5. The summed E-state index contributed by atoms with van der Waals surface area (Å²) in [4.78, 5) is 27.5. The van der Waals surface area contributed by atoms with Crippen molar-refractivity contribution in [1.82, 2.24) is 5.32 Å². The van der Waals surface area contributed by atoms with E-state index in [1.54, 1.807) is 24.3 Å². The lowest BCUT2D eigenvalue weighted by molar-refractivity contribution is -0.385. The van der Waals surface area contributed by atoms with Crippen LogP contribution in [-0.2, 0) is 4.79 Å². The molecule has 1 aromatic rings. The van der Waals surface area contributed by atoms with Gasteiger partial charge in [-0.2, -0.15) is 0 Å². The molecule has 1 aliphatic heterocycles. The summed E-state index contributed by atoms with van der Waals surface area (Å²) >= 11 is 1.25. The van der Waals surface area contributed by atoms with E-state index >= 15 is 0 Å². The van der Waals surface area contributed by atoms with Gasteiger partial charge in [-0.3, -0.25) is 19.9 Å². The number of nitro benzene ring substituents is 1. The number of nitrogens with one attached hydrogen (secondary N) is 1. The van der Waals surface area contributed by atoms with Gasteiger partial charge in [0.1, 0.15) is 0 Å². The van der Waals surface area contributed by atoms with Gasteiger partial charge in [0.25, 0.3) is 11.6 Å². The first-order chi connectivity index (χ1) is 10.6. The number of hydrogen-bond donors (Lipinski definition) is 1. The van der Waals surface area contributed by atoms with Crippen molar-refractivity contribution in [2.75, 3.05) is 0 Å². The molecule has 2 fully saturated rings. The number of rotatable bonds is 3. The Labute approximate surface area is 131 Å². The molecular weight excluding hydrogens is 302 g/mol. The van der Waals surface area contributed by atoms with Gasteiger partial charge >= 0.3 is 0 Å². The van der Waals surface area contributed by atoms with E-state index in [1.165, 1.54) is 30.7 Å². The molecule has 1 amide bonds. The highest BCUT2D eigenvalue weighted by Crippen LogP contribution is 2.30. The van der Waals surface area contributed by atoms with Crippen LogP contribution in [0.25, 0.3) is 6.08 Å². The van der Waals surface area contributed by atoms with Gasteiger partial charge in [0.05, 0.1) is 21.4 Å². The van der Waals surface area contributed by atoms with Gasteiger partial charge < -0.3 is 5.32 Å². The second kappa shape index (κ2) is 6.31. The number of carbonyl (C=O) groups is 1. The van der Waals surface area contributed by atoms with E-state index in [2.05, 4.69) is 10.3 Å². The largest absolute Gasteiger partial charge is 0.301 e. The predicted octanol–water partition coefficient (Wildman–Crippen LogP) is 3.10. The van der Waals surface area contributed by atoms with Gasteiger partial charge in [-0.1, -0.05) is 25.0 Å². The van der Waals surface area contributed by atoms with Gasteiger partial charge in [0.15, 0.2) is 5.17 Å². The van der Waals surface area contributed by atoms with Crippen molar-refractivity contribution < 1.29 is 9.72 Å². The lowest BCUT2D eigenvalue weighted by atomic mass is 10.1. The topological polar surface area (TPSA) is 84.6 Å². The third-order valence-electron chi connectivity index (χ3n) is 3.70. The average Bonchev–Trinajstić information content (AvgIpc) is 3.10. The van der Waals surface area contributed by atoms with Crippen molar-refractivity contribution in [3.8, 4) is 0 Å². The molecule has 114 valence electrons. The van der Waals surface area contributed by atoms with Crippen molar-refractivity contribution in [3.63, 3.8) is 0 Å². The van der Waals surface area contributed by atoms with Crippen LogP contribution in [0.1, 0.15) is 31.2 Å². The maximum Gasteiger partial charge on any atom is 0.276 e. The summed E-state index contributed by atoms with van der Waals surface area (Å²) in [5.41, 5.74) is 0.414. The molecule has 0 atom stereocenters. The molecule has 1 N–H and O–H groups in total. The Hall–Kier alpha value is -2.15. The number of hydrogen-bond acceptors (Lipinski definition) is 5. The predicted molar refractivity (Wildman–Crippen MR) is 86.5 cm³/mol. The van der Waals surface area contributed by atoms with Crippen molar-refractivity contribution in [2.24, 2.45) is 4.99 Å². The smallest absolute Gasteiger partial charge is 0.276 e. The number of carbonyl (C=O) groups excluding carboxylic acids is 1. The minimum absolute atomic E-state index is 0.00965. The molecule has 1 saturated carbocycles. The maximum atomic E-state index is 12.0. The standard InChI is InChI=1S/C15H15N3O3S/c19-14-13(9-10-5-1-4-8-12(10)18(20)21)22-15(17-14)16-11-6-2-3-7-11/h1,4-5,8-9,11H,2-3,6-7H2,(H,16,17,19). The fourth-order valence-electron chi connectivity index (χ4n) is 2.60. The van der Waals surface area contributed by atoms with Crippen molar-refractivity contribution in [2.45, 2.75) is 31.7 Å². The van der Waals surface area contributed by atoms with Crippen LogP contribution in [-0.4, -0.2) is 22.0 Å². The van der Waals surface area contributed by atoms with Gasteiger partial charge in [0.2, 0.25) is 0 Å². The molecule has 0 radical (unpaired) electrons. The molecule has 0 spiro atoms. The molecule has 6 nitrogen and oxygen atoms in total. The molecule has 3 rings (SSSR count). The Balaban J connectivity index is 1.83. The third-order valence-corrected chi connectivity index (χ3v) is 4.62. The lowest BCUT2D eigenvalue weighted by Gasteiger charge is -2.02. The summed E-state index contributed by atoms with van der Waals surface area (Å²) in [5.74, 6) is -0.250. The van der Waals surface area contributed by atoms with Crippen LogP contribution < -0.4 is 5.32 Å². The monoisotopic (exact) mass is 317 g/mol. The van der Waals surface area contributed by atoms with Gasteiger partial charge in [-0.05, 0) is 36.7 Å². The van der Waals surface area contributed by atoms with E-state index in [-0.39, 0.29) is 17.6 Å². The molecule has 0 bridgehead atoms. The first-order valence-corrected chi connectivity index (χ1v) is 7.97. The lowest BCUT2D eigenvalue weighted by Crippen LogP contribution is -2.21. The quantitative estimate of drug-likeness (QED) is 0.527. The number of aliphatic imine (C=N–C) groups is 1. The second-order valence-corrected chi connectivity index (χ2v) is 6.28. The Bertz CT molecular complexity index is 678. The summed E-state index contributed by atoms with van der Waals surface area (Å²) < 4.78 is 0. The number of benzene rings is 1. The maximum absolute atomic E-state index is 12.0. The first-order valence-electron chi connectivity index (χ1n) is 7.15. The second-order valence-electron chi connectivity index (χ2n) is 5.25. The molecule has 1 aromatic carbocycles. The van der Waals surface area contributed by atoms with Gasteiger partial charge in [0, 0.05) is 6.07 Å². The minimum Gasteiger partial charge on any atom is -0.301 e. The minimum atomic E-state index is -0.447. The SMILES string of the molecule is O=C1NC(=NC2CCCC2)SC1=Cc1ccccc1[N+](=O)[O-]. The fourth-order valence-corrected chi connectivity index (χ4v) is 3.49. The van der Waals surface area contributed by atoms with E-state index in [0.29, 0.717) is 15.6 Å². The van der Waals surface area contributed by atoms with Crippen molar-refractivity contribution in [1.29, 1.82) is 0 Å². The molecule has 2 aliphatic rings. The zero-order valence-electron chi connectivity index (χ0n) is 11.8. The Morgan fingerprint density at radius 3 is 2.77 bits per heavy atom. The van der Waals surface area contributed by atoms with E-state index in [0.717, 1.165) is 12.8 Å². The summed E-state index contributed by atoms with van der Waals surface area (Å²) in [6, 6.07) is 6.66. The number of nitrogens with zero attached hydrogens (tertiary/aromatic N) is 2. The van der Waals surface area contributed by atoms with Crippen LogP contribution >= 0.6 is 11.8 Å². The Kier molecular flexibility index (Phi) is 4.24. The average molecular weight is 317 g/mol. The van der Waals surface area contributed by atoms with Crippen LogP contribution in [0, 0.1) is 10.1 Å². The van der Waals surface area contributed by atoms with E-state index in [9.17, 15) is 14.9 Å². The Morgan fingerprint density at radius 1 is 1.32 bits per heavy atom. The van der Waals surface area contributed by atoms with E-state index in [1.807, 2.05) is 0 Å². The number of para-hydroxylation sites is 1. The molecular formula is C15H15N3O3S. The van der Waals surface area contributed by atoms with Crippen molar-refractivity contribution in [3.05, 3.63) is 44.8 Å². The summed E-state index contributed by atoms with van der Waals surface area (Å²) in [7, 11) is 0. The van der Waals surface area contributed by atoms with Crippen LogP contribution in [0.15, 0.2) is 34.2 Å². The molecule has 1 aliphatic carbocycles. The van der Waals surface area contributed by atoms with Gasteiger partial charge in [-0.15, -0.1) is 0 Å². The summed E-state index contributed by atoms with van der Waals surface area (Å²) in [6.07, 6.45) is 6.03. The van der Waals surface area contributed by atoms with Crippen LogP contribution in [0.3, 0.4) is 0 Å². The molecule has 1 saturated heterocycles. The van der Waals surface area contributed by atoms with Crippen LogP contribution in [0.5, 0.6) is 0 Å². The molecule has 1 heterocycles. The Morgan fingerprint density at radius 2 is 2.05 bits per heavy atom. The van der Waals surface area contributed by atoms with Crippen molar-refractivity contribution >= 4 is 34.6 Å². The highest BCUT2D eigenvalue weighted by Gasteiger charge is 2.26.